The molecule has 0 atom stereocenters. The first-order chi connectivity index (χ1) is 24.3. The van der Waals surface area contributed by atoms with Gasteiger partial charge in [-0.05, 0) is 32.6 Å². The van der Waals surface area contributed by atoms with Crippen molar-refractivity contribution < 1.29 is 22.3 Å². The first kappa shape index (κ1) is 49.0. The van der Waals surface area contributed by atoms with Crippen LogP contribution in [0.1, 0.15) is 239 Å². The molecular formula is C42H84N2O5S. The highest BCUT2D eigenvalue weighted by Gasteiger charge is 2.31. The molecule has 1 aromatic rings. The molecule has 0 saturated heterocycles. The van der Waals surface area contributed by atoms with E-state index in [-0.39, 0.29) is 5.72 Å². The van der Waals surface area contributed by atoms with E-state index in [0.29, 0.717) is 0 Å². The van der Waals surface area contributed by atoms with E-state index < -0.39 is 10.4 Å². The average molecular weight is 729 g/mol. The van der Waals surface area contributed by atoms with Crippen LogP contribution in [-0.4, -0.2) is 33.7 Å². The third kappa shape index (κ3) is 34.1. The summed E-state index contributed by atoms with van der Waals surface area (Å²) in [5.41, 5.74) is -0.197. The summed E-state index contributed by atoms with van der Waals surface area (Å²) in [6.45, 7) is 7.54. The van der Waals surface area contributed by atoms with Gasteiger partial charge in [-0.2, -0.15) is 8.42 Å². The lowest BCUT2D eigenvalue weighted by atomic mass is 9.95. The molecule has 0 aliphatic rings. The van der Waals surface area contributed by atoms with Crippen molar-refractivity contribution in [2.45, 2.75) is 245 Å². The fourth-order valence-electron chi connectivity index (χ4n) is 7.27. The summed E-state index contributed by atoms with van der Waals surface area (Å²) in [6.07, 6.45) is 53.7. The highest BCUT2D eigenvalue weighted by molar-refractivity contribution is 7.79. The second-order valence-corrected chi connectivity index (χ2v) is 15.8. The second kappa shape index (κ2) is 36.4. The van der Waals surface area contributed by atoms with Gasteiger partial charge < -0.3 is 9.30 Å². The minimum absolute atomic E-state index is 0.197. The standard InChI is InChI=1S/C42H82N2O.H2O4S/c1-4-7-9-11-13-15-17-19-21-23-25-27-29-31-33-35-37-42(45-6-3,44-40-39-43-41-44)38-36-34-32-30-28-26-24-22-20-18-16-14-12-10-8-5-2;1-5(2,3)4/h39-41H,4-38H2,1-3H3;(H2,1,2,3,4). The lowest BCUT2D eigenvalue weighted by Crippen LogP contribution is -2.36. The van der Waals surface area contributed by atoms with E-state index in [4.69, 9.17) is 22.3 Å². The van der Waals surface area contributed by atoms with Crippen molar-refractivity contribution in [3.8, 4) is 0 Å². The molecule has 0 saturated carbocycles. The van der Waals surface area contributed by atoms with Gasteiger partial charge in [0.1, 0.15) is 5.72 Å². The van der Waals surface area contributed by atoms with Crippen LogP contribution in [0.5, 0.6) is 0 Å². The third-order valence-electron chi connectivity index (χ3n) is 10.2. The van der Waals surface area contributed by atoms with Gasteiger partial charge in [-0.15, -0.1) is 0 Å². The predicted octanol–water partition coefficient (Wildman–Crippen LogP) is 14.2. The SMILES string of the molecule is CCCCCCCCCCCCCCCCCCC(CCCCCCCCCCCCCCCCCC)(OCC)n1ccnc1.O=S(=O)(O)O. The van der Waals surface area contributed by atoms with Gasteiger partial charge in [-0.3, -0.25) is 9.11 Å². The van der Waals surface area contributed by atoms with Crippen LogP contribution >= 0.6 is 0 Å². The molecule has 2 N–H and O–H groups in total. The molecule has 8 heteroatoms. The molecule has 7 nitrogen and oxygen atoms in total. The normalized spacial score (nSPS) is 11.9. The van der Waals surface area contributed by atoms with E-state index >= 15 is 0 Å². The van der Waals surface area contributed by atoms with Gasteiger partial charge >= 0.3 is 10.4 Å². The third-order valence-corrected chi connectivity index (χ3v) is 10.2. The van der Waals surface area contributed by atoms with Crippen LogP contribution in [0, 0.1) is 0 Å². The number of hydrogen-bond donors (Lipinski definition) is 2. The van der Waals surface area contributed by atoms with E-state index in [1.54, 1.807) is 0 Å². The maximum Gasteiger partial charge on any atom is 0.394 e. The Morgan fingerprint density at radius 3 is 0.980 bits per heavy atom. The molecule has 1 aromatic heterocycles. The monoisotopic (exact) mass is 729 g/mol. The van der Waals surface area contributed by atoms with E-state index in [2.05, 4.69) is 36.5 Å². The van der Waals surface area contributed by atoms with E-state index in [0.717, 1.165) is 19.4 Å². The second-order valence-electron chi connectivity index (χ2n) is 14.9. The first-order valence-electron chi connectivity index (χ1n) is 21.6. The summed E-state index contributed by atoms with van der Waals surface area (Å²) < 4.78 is 40.4. The topological polar surface area (TPSA) is 102 Å². The molecule has 1 heterocycles. The zero-order valence-corrected chi connectivity index (χ0v) is 34.2. The summed E-state index contributed by atoms with van der Waals surface area (Å²) >= 11 is 0. The molecule has 0 aliphatic carbocycles. The van der Waals surface area contributed by atoms with Crippen molar-refractivity contribution in [1.29, 1.82) is 0 Å². The molecular weight excluding hydrogens is 645 g/mol. The Bertz CT molecular complexity index is 850. The van der Waals surface area contributed by atoms with Gasteiger partial charge in [-0.25, -0.2) is 4.98 Å². The number of nitrogens with zero attached hydrogens (tertiary/aromatic N) is 2. The van der Waals surface area contributed by atoms with E-state index in [1.165, 1.54) is 205 Å². The van der Waals surface area contributed by atoms with Gasteiger partial charge in [0.15, 0.2) is 0 Å². The highest BCUT2D eigenvalue weighted by Crippen LogP contribution is 2.32. The molecule has 1 rings (SSSR count). The number of ether oxygens (including phenoxy) is 1. The lowest BCUT2D eigenvalue weighted by molar-refractivity contribution is -0.118. The molecule has 0 spiro atoms. The van der Waals surface area contributed by atoms with Crippen molar-refractivity contribution in [1.82, 2.24) is 9.55 Å². The summed E-state index contributed by atoms with van der Waals surface area (Å²) in [5, 5.41) is 0. The number of imidazole rings is 1. The molecule has 0 fully saturated rings. The quantitative estimate of drug-likeness (QED) is 0.0522. The van der Waals surface area contributed by atoms with Crippen LogP contribution in [0.2, 0.25) is 0 Å². The Balaban J connectivity index is 0.00000445. The molecule has 0 unspecified atom stereocenters. The molecule has 0 aliphatic heterocycles. The Kier molecular flexibility index (Phi) is 35.7. The smallest absolute Gasteiger partial charge is 0.356 e. The minimum atomic E-state index is -4.67. The summed E-state index contributed by atoms with van der Waals surface area (Å²) in [6, 6.07) is 0. The van der Waals surface area contributed by atoms with Crippen molar-refractivity contribution >= 4 is 10.4 Å². The van der Waals surface area contributed by atoms with Crippen LogP contribution in [-0.2, 0) is 20.9 Å². The van der Waals surface area contributed by atoms with Crippen molar-refractivity contribution in [2.24, 2.45) is 0 Å². The largest absolute Gasteiger partial charge is 0.394 e. The minimum Gasteiger partial charge on any atom is -0.356 e. The van der Waals surface area contributed by atoms with Gasteiger partial charge in [-0.1, -0.05) is 206 Å². The molecule has 0 amide bonds. The van der Waals surface area contributed by atoms with Gasteiger partial charge in [0.05, 0.1) is 6.33 Å². The highest BCUT2D eigenvalue weighted by atomic mass is 32.3. The average Bonchev–Trinajstić information content (AvgIpc) is 3.63. The Morgan fingerprint density at radius 2 is 0.760 bits per heavy atom. The molecule has 50 heavy (non-hydrogen) atoms. The molecule has 0 aromatic carbocycles. The maximum absolute atomic E-state index is 8.74. The number of aromatic nitrogens is 2. The lowest BCUT2D eigenvalue weighted by Gasteiger charge is -2.35. The van der Waals surface area contributed by atoms with Crippen LogP contribution in [0.3, 0.4) is 0 Å². The molecule has 0 radical (unpaired) electrons. The van der Waals surface area contributed by atoms with Crippen molar-refractivity contribution in [2.75, 3.05) is 6.61 Å². The van der Waals surface area contributed by atoms with Crippen LogP contribution in [0.4, 0.5) is 0 Å². The maximum atomic E-state index is 8.74. The van der Waals surface area contributed by atoms with Crippen molar-refractivity contribution in [3.05, 3.63) is 18.7 Å². The summed E-state index contributed by atoms with van der Waals surface area (Å²) in [4.78, 5) is 4.40. The summed E-state index contributed by atoms with van der Waals surface area (Å²) in [5.74, 6) is 0. The zero-order chi connectivity index (χ0) is 36.9. The fourth-order valence-corrected chi connectivity index (χ4v) is 7.27. The number of hydrogen-bond acceptors (Lipinski definition) is 4. The van der Waals surface area contributed by atoms with E-state index in [9.17, 15) is 0 Å². The van der Waals surface area contributed by atoms with Crippen LogP contribution in [0.15, 0.2) is 18.7 Å². The zero-order valence-electron chi connectivity index (χ0n) is 33.4. The number of unbranched alkanes of at least 4 members (excludes halogenated alkanes) is 30. The fraction of sp³-hybridized carbons (Fsp3) is 0.929. The number of rotatable bonds is 37. The van der Waals surface area contributed by atoms with Crippen LogP contribution < -0.4 is 0 Å². The Morgan fingerprint density at radius 1 is 0.500 bits per heavy atom. The van der Waals surface area contributed by atoms with Crippen LogP contribution in [0.25, 0.3) is 0 Å². The molecule has 0 bridgehead atoms. The van der Waals surface area contributed by atoms with Gasteiger partial charge in [0.25, 0.3) is 0 Å². The predicted molar refractivity (Wildman–Crippen MR) is 214 cm³/mol. The summed E-state index contributed by atoms with van der Waals surface area (Å²) in [7, 11) is -4.67. The van der Waals surface area contributed by atoms with E-state index in [1.807, 2.05) is 12.5 Å². The van der Waals surface area contributed by atoms with Gasteiger partial charge in [0, 0.05) is 19.0 Å². The van der Waals surface area contributed by atoms with Crippen molar-refractivity contribution in [3.63, 3.8) is 0 Å². The first-order valence-corrected chi connectivity index (χ1v) is 23.0. The molecule has 298 valence electrons. The van der Waals surface area contributed by atoms with Gasteiger partial charge in [0.2, 0.25) is 0 Å². The Labute approximate surface area is 311 Å². The Hall–Kier alpha value is -0.960.